The van der Waals surface area contributed by atoms with Crippen molar-refractivity contribution in [3.63, 3.8) is 0 Å². The standard InChI is InChI=1S/C19H27N3O3S/c1-12(2)20-18(24)13-6-8-22(9-7-13)19(25)14-11-16(23)21(3)17(14)15-5-4-10-26-15/h4-5,10,12-14,17H,6-9,11H2,1-3H3,(H,20,24). The van der Waals surface area contributed by atoms with Gasteiger partial charge in [0.15, 0.2) is 0 Å². The summed E-state index contributed by atoms with van der Waals surface area (Å²) in [5, 5.41) is 4.94. The van der Waals surface area contributed by atoms with Gasteiger partial charge in [0.25, 0.3) is 0 Å². The first kappa shape index (κ1) is 18.9. The summed E-state index contributed by atoms with van der Waals surface area (Å²) in [6.07, 6.45) is 1.64. The van der Waals surface area contributed by atoms with Crippen molar-refractivity contribution >= 4 is 29.1 Å². The van der Waals surface area contributed by atoms with Crippen LogP contribution < -0.4 is 5.32 Å². The minimum Gasteiger partial charge on any atom is -0.354 e. The number of likely N-dealkylation sites (tertiary alicyclic amines) is 2. The summed E-state index contributed by atoms with van der Waals surface area (Å²) >= 11 is 1.59. The van der Waals surface area contributed by atoms with Crippen LogP contribution in [-0.4, -0.2) is 53.7 Å². The van der Waals surface area contributed by atoms with E-state index in [1.807, 2.05) is 36.3 Å². The summed E-state index contributed by atoms with van der Waals surface area (Å²) in [6, 6.07) is 3.91. The van der Waals surface area contributed by atoms with Gasteiger partial charge < -0.3 is 15.1 Å². The van der Waals surface area contributed by atoms with Crippen LogP contribution in [0.15, 0.2) is 17.5 Å². The van der Waals surface area contributed by atoms with Crippen molar-refractivity contribution in [1.29, 1.82) is 0 Å². The first-order valence-electron chi connectivity index (χ1n) is 9.26. The maximum atomic E-state index is 13.1. The molecule has 2 aliphatic rings. The minimum atomic E-state index is -0.327. The molecule has 2 unspecified atom stereocenters. The van der Waals surface area contributed by atoms with Gasteiger partial charge in [-0.1, -0.05) is 6.07 Å². The molecule has 0 aromatic carbocycles. The number of thiophene rings is 1. The third-order valence-corrected chi connectivity index (χ3v) is 6.29. The van der Waals surface area contributed by atoms with Crippen LogP contribution in [0, 0.1) is 11.8 Å². The lowest BCUT2D eigenvalue weighted by atomic mass is 9.92. The Balaban J connectivity index is 1.64. The molecule has 0 spiro atoms. The molecule has 3 amide bonds. The molecule has 1 N–H and O–H groups in total. The van der Waals surface area contributed by atoms with Gasteiger partial charge in [-0.05, 0) is 38.1 Å². The van der Waals surface area contributed by atoms with E-state index in [4.69, 9.17) is 0 Å². The molecule has 26 heavy (non-hydrogen) atoms. The monoisotopic (exact) mass is 377 g/mol. The van der Waals surface area contributed by atoms with Crippen LogP contribution in [0.2, 0.25) is 0 Å². The Morgan fingerprint density at radius 2 is 1.96 bits per heavy atom. The van der Waals surface area contributed by atoms with E-state index in [1.165, 1.54) is 0 Å². The number of hydrogen-bond acceptors (Lipinski definition) is 4. The average Bonchev–Trinajstić information content (AvgIpc) is 3.22. The number of rotatable bonds is 4. The SMILES string of the molecule is CC(C)NC(=O)C1CCN(C(=O)C2CC(=O)N(C)C2c2cccs2)CC1. The molecular weight excluding hydrogens is 350 g/mol. The van der Waals surface area contributed by atoms with E-state index in [9.17, 15) is 14.4 Å². The number of nitrogens with zero attached hydrogens (tertiary/aromatic N) is 2. The predicted molar refractivity (Wildman–Crippen MR) is 101 cm³/mol. The number of amides is 3. The van der Waals surface area contributed by atoms with Gasteiger partial charge in [0.2, 0.25) is 17.7 Å². The van der Waals surface area contributed by atoms with Crippen LogP contribution in [0.25, 0.3) is 0 Å². The van der Waals surface area contributed by atoms with Gasteiger partial charge in [0.05, 0.1) is 12.0 Å². The van der Waals surface area contributed by atoms with Gasteiger partial charge in [-0.25, -0.2) is 0 Å². The summed E-state index contributed by atoms with van der Waals surface area (Å²) in [7, 11) is 1.78. The van der Waals surface area contributed by atoms with Crippen molar-refractivity contribution in [2.24, 2.45) is 11.8 Å². The largest absolute Gasteiger partial charge is 0.354 e. The molecule has 0 bridgehead atoms. The van der Waals surface area contributed by atoms with Gasteiger partial charge in [0, 0.05) is 43.4 Å². The molecule has 2 aliphatic heterocycles. The van der Waals surface area contributed by atoms with E-state index < -0.39 is 0 Å². The molecule has 7 heteroatoms. The highest BCUT2D eigenvalue weighted by Crippen LogP contribution is 2.40. The highest BCUT2D eigenvalue weighted by molar-refractivity contribution is 7.10. The number of carbonyl (C=O) groups is 3. The first-order valence-corrected chi connectivity index (χ1v) is 10.1. The molecule has 2 atom stereocenters. The van der Waals surface area contributed by atoms with Crippen LogP contribution in [0.1, 0.15) is 44.0 Å². The fourth-order valence-electron chi connectivity index (χ4n) is 3.94. The summed E-state index contributed by atoms with van der Waals surface area (Å²) in [5.74, 6) is -0.203. The summed E-state index contributed by atoms with van der Waals surface area (Å²) in [6.45, 7) is 5.07. The lowest BCUT2D eigenvalue weighted by Crippen LogP contribution is -2.46. The molecule has 142 valence electrons. The van der Waals surface area contributed by atoms with Gasteiger partial charge in [-0.3, -0.25) is 14.4 Å². The summed E-state index contributed by atoms with van der Waals surface area (Å²) < 4.78 is 0. The molecule has 2 saturated heterocycles. The fourth-order valence-corrected chi connectivity index (χ4v) is 4.87. The Hall–Kier alpha value is -1.89. The van der Waals surface area contributed by atoms with Crippen molar-refractivity contribution in [3.05, 3.63) is 22.4 Å². The Morgan fingerprint density at radius 3 is 2.54 bits per heavy atom. The number of piperidine rings is 1. The second-order valence-corrected chi connectivity index (χ2v) is 8.52. The zero-order valence-electron chi connectivity index (χ0n) is 15.6. The molecule has 1 aromatic rings. The van der Waals surface area contributed by atoms with Crippen LogP contribution >= 0.6 is 11.3 Å². The quantitative estimate of drug-likeness (QED) is 0.873. The Labute approximate surface area is 158 Å². The zero-order chi connectivity index (χ0) is 18.8. The molecule has 1 aromatic heterocycles. The van der Waals surface area contributed by atoms with Crippen molar-refractivity contribution in [3.8, 4) is 0 Å². The second kappa shape index (κ2) is 7.78. The Morgan fingerprint density at radius 1 is 1.27 bits per heavy atom. The van der Waals surface area contributed by atoms with Crippen LogP contribution in [0.3, 0.4) is 0 Å². The van der Waals surface area contributed by atoms with Gasteiger partial charge in [-0.2, -0.15) is 0 Å². The topological polar surface area (TPSA) is 69.7 Å². The molecule has 0 saturated carbocycles. The first-order chi connectivity index (χ1) is 12.4. The van der Waals surface area contributed by atoms with Crippen LogP contribution in [0.5, 0.6) is 0 Å². The zero-order valence-corrected chi connectivity index (χ0v) is 16.4. The van der Waals surface area contributed by atoms with E-state index >= 15 is 0 Å². The average molecular weight is 378 g/mol. The number of carbonyl (C=O) groups excluding carboxylic acids is 3. The molecule has 3 heterocycles. The second-order valence-electron chi connectivity index (χ2n) is 7.54. The highest BCUT2D eigenvalue weighted by Gasteiger charge is 2.45. The van der Waals surface area contributed by atoms with E-state index in [2.05, 4.69) is 5.32 Å². The van der Waals surface area contributed by atoms with Gasteiger partial charge in [-0.15, -0.1) is 11.3 Å². The predicted octanol–water partition coefficient (Wildman–Crippen LogP) is 2.03. The van der Waals surface area contributed by atoms with Crippen LogP contribution in [-0.2, 0) is 14.4 Å². The van der Waals surface area contributed by atoms with Gasteiger partial charge >= 0.3 is 0 Å². The molecule has 2 fully saturated rings. The Bertz CT molecular complexity index is 666. The third kappa shape index (κ3) is 3.77. The van der Waals surface area contributed by atoms with Gasteiger partial charge in [0.1, 0.15) is 0 Å². The lowest BCUT2D eigenvalue weighted by Gasteiger charge is -2.34. The van der Waals surface area contributed by atoms with E-state index in [1.54, 1.807) is 23.3 Å². The van der Waals surface area contributed by atoms with Crippen LogP contribution in [0.4, 0.5) is 0 Å². The van der Waals surface area contributed by atoms with E-state index in [0.717, 1.165) is 4.88 Å². The van der Waals surface area contributed by atoms with Crippen molar-refractivity contribution in [1.82, 2.24) is 15.1 Å². The highest BCUT2D eigenvalue weighted by atomic mass is 32.1. The molecule has 6 nitrogen and oxygen atoms in total. The van der Waals surface area contributed by atoms with E-state index in [0.29, 0.717) is 25.9 Å². The maximum Gasteiger partial charge on any atom is 0.228 e. The minimum absolute atomic E-state index is 0.0212. The van der Waals surface area contributed by atoms with Crippen molar-refractivity contribution < 1.29 is 14.4 Å². The number of hydrogen-bond donors (Lipinski definition) is 1. The van der Waals surface area contributed by atoms with E-state index in [-0.39, 0.29) is 48.1 Å². The molecule has 3 rings (SSSR count). The normalized spacial score (nSPS) is 24.4. The molecule has 0 radical (unpaired) electrons. The van der Waals surface area contributed by atoms with Crippen molar-refractivity contribution in [2.45, 2.75) is 45.2 Å². The van der Waals surface area contributed by atoms with Crippen molar-refractivity contribution in [2.75, 3.05) is 20.1 Å². The maximum absolute atomic E-state index is 13.1. The Kier molecular flexibility index (Phi) is 5.65. The summed E-state index contributed by atoms with van der Waals surface area (Å²) in [5.41, 5.74) is 0. The fraction of sp³-hybridized carbons (Fsp3) is 0.632. The number of nitrogens with one attached hydrogen (secondary N) is 1. The summed E-state index contributed by atoms with van der Waals surface area (Å²) in [4.78, 5) is 42.1. The smallest absolute Gasteiger partial charge is 0.228 e. The lowest BCUT2D eigenvalue weighted by molar-refractivity contribution is -0.140. The molecular formula is C19H27N3O3S. The molecule has 0 aliphatic carbocycles. The third-order valence-electron chi connectivity index (χ3n) is 5.35.